The van der Waals surface area contributed by atoms with Crippen LogP contribution in [0.5, 0.6) is 0 Å². The first-order valence-electron chi connectivity index (χ1n) is 7.35. The molecule has 0 radical (unpaired) electrons. The van der Waals surface area contributed by atoms with E-state index in [1.165, 1.54) is 12.8 Å². The van der Waals surface area contributed by atoms with Crippen molar-refractivity contribution in [3.63, 3.8) is 0 Å². The summed E-state index contributed by atoms with van der Waals surface area (Å²) in [7, 11) is 0. The fourth-order valence-electron chi connectivity index (χ4n) is 2.24. The van der Waals surface area contributed by atoms with Gasteiger partial charge in [0.1, 0.15) is 0 Å². The van der Waals surface area contributed by atoms with E-state index >= 15 is 0 Å². The van der Waals surface area contributed by atoms with Crippen LogP contribution in [0.15, 0.2) is 24.3 Å². The Hall–Kier alpha value is -2.04. The Balaban J connectivity index is 1.98. The largest absolute Gasteiger partial charge is 0.481 e. The Labute approximate surface area is 125 Å². The van der Waals surface area contributed by atoms with Crippen molar-refractivity contribution in [2.45, 2.75) is 26.2 Å². The number of carboxylic acids is 1. The number of carbonyl (C=O) groups excluding carboxylic acids is 1. The number of anilines is 1. The van der Waals surface area contributed by atoms with Gasteiger partial charge in [-0.2, -0.15) is 0 Å². The highest BCUT2D eigenvalue weighted by atomic mass is 16.4. The standard InChI is InChI=1S/C16H22N2O3/c1-12-4-2-3-5-14(12)18(9-8-16(20)21)11-15(19)17-10-13-6-7-13/h2-5,13H,6-11H2,1H3,(H,17,19)(H,20,21). The molecule has 2 rings (SSSR count). The maximum Gasteiger partial charge on any atom is 0.305 e. The van der Waals surface area contributed by atoms with Gasteiger partial charge in [0.05, 0.1) is 13.0 Å². The number of hydrogen-bond donors (Lipinski definition) is 2. The topological polar surface area (TPSA) is 69.6 Å². The molecular weight excluding hydrogens is 268 g/mol. The number of para-hydroxylation sites is 1. The van der Waals surface area contributed by atoms with Gasteiger partial charge >= 0.3 is 5.97 Å². The van der Waals surface area contributed by atoms with Crippen LogP contribution in [0.4, 0.5) is 5.69 Å². The van der Waals surface area contributed by atoms with Crippen molar-refractivity contribution < 1.29 is 14.7 Å². The highest BCUT2D eigenvalue weighted by molar-refractivity contribution is 5.82. The van der Waals surface area contributed by atoms with Crippen LogP contribution in [0, 0.1) is 12.8 Å². The zero-order chi connectivity index (χ0) is 15.2. The van der Waals surface area contributed by atoms with Crippen molar-refractivity contribution in [3.05, 3.63) is 29.8 Å². The summed E-state index contributed by atoms with van der Waals surface area (Å²) in [6.45, 7) is 3.23. The SMILES string of the molecule is Cc1ccccc1N(CCC(=O)O)CC(=O)NCC1CC1. The van der Waals surface area contributed by atoms with Gasteiger partial charge < -0.3 is 15.3 Å². The van der Waals surface area contributed by atoms with Crippen LogP contribution < -0.4 is 10.2 Å². The Morgan fingerprint density at radius 2 is 2.05 bits per heavy atom. The Kier molecular flexibility index (Phi) is 5.20. The van der Waals surface area contributed by atoms with E-state index in [1.807, 2.05) is 36.1 Å². The average Bonchev–Trinajstić information content (AvgIpc) is 3.26. The molecule has 1 aliphatic rings. The second kappa shape index (κ2) is 7.11. The first kappa shape index (κ1) is 15.4. The summed E-state index contributed by atoms with van der Waals surface area (Å²) < 4.78 is 0. The summed E-state index contributed by atoms with van der Waals surface area (Å²) in [5.41, 5.74) is 1.96. The zero-order valence-electron chi connectivity index (χ0n) is 12.3. The molecule has 0 spiro atoms. The number of amides is 1. The number of benzene rings is 1. The maximum absolute atomic E-state index is 12.0. The third-order valence-electron chi connectivity index (χ3n) is 3.67. The van der Waals surface area contributed by atoms with Gasteiger partial charge in [-0.25, -0.2) is 0 Å². The first-order valence-corrected chi connectivity index (χ1v) is 7.35. The molecule has 1 fully saturated rings. The van der Waals surface area contributed by atoms with Crippen LogP contribution in [0.2, 0.25) is 0 Å². The van der Waals surface area contributed by atoms with Crippen molar-refractivity contribution in [2.24, 2.45) is 5.92 Å². The van der Waals surface area contributed by atoms with E-state index in [2.05, 4.69) is 5.32 Å². The van der Waals surface area contributed by atoms with Crippen molar-refractivity contribution >= 4 is 17.6 Å². The van der Waals surface area contributed by atoms with E-state index in [-0.39, 0.29) is 18.9 Å². The summed E-state index contributed by atoms with van der Waals surface area (Å²) in [5, 5.41) is 11.8. The second-order valence-corrected chi connectivity index (χ2v) is 5.60. The molecular formula is C16H22N2O3. The molecule has 0 aromatic heterocycles. The molecule has 0 aliphatic heterocycles. The molecule has 1 saturated carbocycles. The lowest BCUT2D eigenvalue weighted by molar-refractivity contribution is -0.136. The van der Waals surface area contributed by atoms with Gasteiger partial charge in [-0.1, -0.05) is 18.2 Å². The maximum atomic E-state index is 12.0. The number of carbonyl (C=O) groups is 2. The van der Waals surface area contributed by atoms with Crippen molar-refractivity contribution in [3.8, 4) is 0 Å². The highest BCUT2D eigenvalue weighted by Crippen LogP contribution is 2.27. The van der Waals surface area contributed by atoms with Crippen molar-refractivity contribution in [1.29, 1.82) is 0 Å². The molecule has 1 aliphatic carbocycles. The smallest absolute Gasteiger partial charge is 0.305 e. The normalized spacial score (nSPS) is 13.8. The predicted molar refractivity (Wildman–Crippen MR) is 81.4 cm³/mol. The summed E-state index contributed by atoms with van der Waals surface area (Å²) in [4.78, 5) is 24.7. The number of aryl methyl sites for hydroxylation is 1. The van der Waals surface area contributed by atoms with Crippen LogP contribution in [-0.4, -0.2) is 36.6 Å². The number of rotatable bonds is 8. The molecule has 0 saturated heterocycles. The minimum atomic E-state index is -0.855. The molecule has 5 heteroatoms. The Morgan fingerprint density at radius 1 is 1.33 bits per heavy atom. The van der Waals surface area contributed by atoms with Gasteiger partial charge in [0.15, 0.2) is 0 Å². The van der Waals surface area contributed by atoms with Crippen molar-refractivity contribution in [1.82, 2.24) is 5.32 Å². The molecule has 1 aromatic carbocycles. The van der Waals surface area contributed by atoms with E-state index in [0.717, 1.165) is 17.8 Å². The third kappa shape index (κ3) is 5.10. The molecule has 1 amide bonds. The van der Waals surface area contributed by atoms with Gasteiger partial charge in [-0.15, -0.1) is 0 Å². The molecule has 1 aromatic rings. The summed E-state index contributed by atoms with van der Waals surface area (Å²) in [6.07, 6.45) is 2.41. The van der Waals surface area contributed by atoms with Crippen LogP contribution in [0.25, 0.3) is 0 Å². The monoisotopic (exact) mass is 290 g/mol. The van der Waals surface area contributed by atoms with Gasteiger partial charge in [-0.3, -0.25) is 9.59 Å². The lowest BCUT2D eigenvalue weighted by Gasteiger charge is -2.25. The summed E-state index contributed by atoms with van der Waals surface area (Å²) in [5.74, 6) is -0.262. The lowest BCUT2D eigenvalue weighted by atomic mass is 10.1. The Bertz CT molecular complexity index is 512. The first-order chi connectivity index (χ1) is 10.1. The van der Waals surface area contributed by atoms with Crippen LogP contribution >= 0.6 is 0 Å². The molecule has 0 heterocycles. The van der Waals surface area contributed by atoms with Crippen LogP contribution in [-0.2, 0) is 9.59 Å². The molecule has 5 nitrogen and oxygen atoms in total. The molecule has 2 N–H and O–H groups in total. The third-order valence-corrected chi connectivity index (χ3v) is 3.67. The minimum Gasteiger partial charge on any atom is -0.481 e. The lowest BCUT2D eigenvalue weighted by Crippen LogP contribution is -2.39. The molecule has 114 valence electrons. The summed E-state index contributed by atoms with van der Waals surface area (Å²) >= 11 is 0. The highest BCUT2D eigenvalue weighted by Gasteiger charge is 2.22. The van der Waals surface area contributed by atoms with Gasteiger partial charge in [0.25, 0.3) is 0 Å². The quantitative estimate of drug-likeness (QED) is 0.766. The van der Waals surface area contributed by atoms with Crippen LogP contribution in [0.1, 0.15) is 24.8 Å². The van der Waals surface area contributed by atoms with E-state index in [9.17, 15) is 9.59 Å². The molecule has 21 heavy (non-hydrogen) atoms. The molecule has 0 atom stereocenters. The molecule has 0 bridgehead atoms. The van der Waals surface area contributed by atoms with Gasteiger partial charge in [-0.05, 0) is 37.3 Å². The number of nitrogens with one attached hydrogen (secondary N) is 1. The Morgan fingerprint density at radius 3 is 2.67 bits per heavy atom. The predicted octanol–water partition coefficient (Wildman–Crippen LogP) is 1.80. The van der Waals surface area contributed by atoms with Crippen LogP contribution in [0.3, 0.4) is 0 Å². The minimum absolute atomic E-state index is 0.0181. The second-order valence-electron chi connectivity index (χ2n) is 5.60. The van der Waals surface area contributed by atoms with Gasteiger partial charge in [0.2, 0.25) is 5.91 Å². The summed E-state index contributed by atoms with van der Waals surface area (Å²) in [6, 6.07) is 7.72. The number of aliphatic carboxylic acids is 1. The number of nitrogens with zero attached hydrogens (tertiary/aromatic N) is 1. The zero-order valence-corrected chi connectivity index (χ0v) is 12.3. The number of carboxylic acid groups (broad SMARTS) is 1. The fraction of sp³-hybridized carbons (Fsp3) is 0.500. The van der Waals surface area contributed by atoms with E-state index < -0.39 is 5.97 Å². The van der Waals surface area contributed by atoms with E-state index in [0.29, 0.717) is 12.5 Å². The average molecular weight is 290 g/mol. The van der Waals surface area contributed by atoms with E-state index in [1.54, 1.807) is 0 Å². The van der Waals surface area contributed by atoms with Crippen molar-refractivity contribution in [2.75, 3.05) is 24.5 Å². The fourth-order valence-corrected chi connectivity index (χ4v) is 2.24. The van der Waals surface area contributed by atoms with E-state index in [4.69, 9.17) is 5.11 Å². The number of hydrogen-bond acceptors (Lipinski definition) is 3. The molecule has 0 unspecified atom stereocenters. The van der Waals surface area contributed by atoms with Gasteiger partial charge in [0, 0.05) is 18.8 Å².